The molecule has 1 aromatic heterocycles. The third-order valence-corrected chi connectivity index (χ3v) is 7.54. The Morgan fingerprint density at radius 2 is 1.94 bits per heavy atom. The molecule has 1 aromatic carbocycles. The Kier molecular flexibility index (Phi) is 6.18. The zero-order valence-corrected chi connectivity index (χ0v) is 22.1. The third-order valence-electron chi connectivity index (χ3n) is 7.54. The number of hydrogen-bond acceptors (Lipinski definition) is 4. The van der Waals surface area contributed by atoms with Crippen LogP contribution in [-0.4, -0.2) is 41.8 Å². The monoisotopic (exact) mass is 460 g/mol. The molecule has 2 atom stereocenters. The number of nitrogens with zero attached hydrogens (tertiary/aromatic N) is 2. The quantitative estimate of drug-likeness (QED) is 0.482. The zero-order valence-electron chi connectivity index (χ0n) is 22.1. The highest BCUT2D eigenvalue weighted by atomic mass is 16.5. The average molecular weight is 461 g/mol. The second-order valence-corrected chi connectivity index (χ2v) is 11.6. The molecule has 4 rings (SSSR count). The molecular weight excluding hydrogens is 420 g/mol. The molecule has 2 heterocycles. The van der Waals surface area contributed by atoms with Gasteiger partial charge in [-0.1, -0.05) is 65.5 Å². The molecule has 0 saturated heterocycles. The highest BCUT2D eigenvalue weighted by Gasteiger charge is 2.46. The molecule has 2 aliphatic rings. The summed E-state index contributed by atoms with van der Waals surface area (Å²) in [4.78, 5) is 7.67. The lowest BCUT2D eigenvalue weighted by atomic mass is 9.63. The largest absolute Gasteiger partial charge is 0.513 e. The standard InChI is InChI=1S/C30H40N2O2/c1-18(33)16-24-21(14-15-34-9)27-25-26(20-12-10-11-13-23(20)31-27)30(6,7)22(17-29(3,4)5)19(2)28(25)32(24)8/h10-13,17,21,24,33H,1,14-16H2,2-9H3/b22-17+. The third kappa shape index (κ3) is 3.96. The summed E-state index contributed by atoms with van der Waals surface area (Å²) in [6, 6.07) is 8.60. The Bertz CT molecular complexity index is 1200. The van der Waals surface area contributed by atoms with Crippen LogP contribution >= 0.6 is 0 Å². The number of para-hydroxylation sites is 1. The maximum atomic E-state index is 10.3. The van der Waals surface area contributed by atoms with Gasteiger partial charge in [0.1, 0.15) is 0 Å². The lowest BCUT2D eigenvalue weighted by molar-refractivity contribution is 0.161. The summed E-state index contributed by atoms with van der Waals surface area (Å²) < 4.78 is 5.51. The van der Waals surface area contributed by atoms with Crippen LogP contribution in [0.15, 0.2) is 53.8 Å². The Balaban J connectivity index is 2.15. The first-order valence-electron chi connectivity index (χ1n) is 12.3. The molecule has 34 heavy (non-hydrogen) atoms. The van der Waals surface area contributed by atoms with Crippen molar-refractivity contribution in [2.45, 2.75) is 71.8 Å². The smallest absolute Gasteiger partial charge is 0.0871 e. The fraction of sp³-hybridized carbons (Fsp3) is 0.500. The van der Waals surface area contributed by atoms with Gasteiger partial charge >= 0.3 is 0 Å². The average Bonchev–Trinajstić information content (AvgIpc) is 2.74. The van der Waals surface area contributed by atoms with Gasteiger partial charge in [0.25, 0.3) is 0 Å². The van der Waals surface area contributed by atoms with Crippen LogP contribution in [-0.2, 0) is 10.2 Å². The first kappa shape index (κ1) is 24.5. The van der Waals surface area contributed by atoms with Crippen LogP contribution < -0.4 is 0 Å². The van der Waals surface area contributed by atoms with E-state index in [-0.39, 0.29) is 28.5 Å². The molecule has 0 fully saturated rings. The number of aromatic nitrogens is 1. The van der Waals surface area contributed by atoms with Crippen LogP contribution in [0.25, 0.3) is 16.6 Å². The van der Waals surface area contributed by atoms with Crippen molar-refractivity contribution in [2.75, 3.05) is 20.8 Å². The van der Waals surface area contributed by atoms with Crippen LogP contribution in [0.1, 0.15) is 77.1 Å². The Hall–Kier alpha value is -2.59. The predicted molar refractivity (Wildman–Crippen MR) is 142 cm³/mol. The highest BCUT2D eigenvalue weighted by molar-refractivity contribution is 5.94. The van der Waals surface area contributed by atoms with E-state index in [4.69, 9.17) is 9.72 Å². The summed E-state index contributed by atoms with van der Waals surface area (Å²) >= 11 is 0. The number of fused-ring (bicyclic) bond motifs is 2. The lowest BCUT2D eigenvalue weighted by Crippen LogP contribution is -2.45. The summed E-state index contributed by atoms with van der Waals surface area (Å²) in [5, 5.41) is 11.5. The van der Waals surface area contributed by atoms with Crippen LogP contribution in [0.2, 0.25) is 0 Å². The van der Waals surface area contributed by atoms with Crippen LogP contribution in [0.4, 0.5) is 0 Å². The summed E-state index contributed by atoms with van der Waals surface area (Å²) in [7, 11) is 3.92. The van der Waals surface area contributed by atoms with Gasteiger partial charge < -0.3 is 14.7 Å². The molecule has 0 radical (unpaired) electrons. The maximum Gasteiger partial charge on any atom is 0.0871 e. The number of likely N-dealkylation sites (N-methyl/N-ethyl adjacent to an activating group) is 1. The van der Waals surface area contributed by atoms with Gasteiger partial charge in [-0.25, -0.2) is 0 Å². The minimum Gasteiger partial charge on any atom is -0.513 e. The van der Waals surface area contributed by atoms with E-state index < -0.39 is 0 Å². The lowest BCUT2D eigenvalue weighted by Gasteiger charge is -2.49. The van der Waals surface area contributed by atoms with Gasteiger partial charge in [-0.3, -0.25) is 4.98 Å². The molecular formula is C30H40N2O2. The Labute approximate surface area is 205 Å². The molecule has 2 aromatic rings. The number of hydrogen-bond donors (Lipinski definition) is 1. The fourth-order valence-electron chi connectivity index (χ4n) is 6.18. The zero-order chi connectivity index (χ0) is 25.0. The molecule has 2 unspecified atom stereocenters. The van der Waals surface area contributed by atoms with Crippen LogP contribution in [0, 0.1) is 5.41 Å². The summed E-state index contributed by atoms with van der Waals surface area (Å²) in [5.41, 5.74) is 8.58. The molecule has 1 N–H and O–H groups in total. The number of pyridine rings is 1. The molecule has 0 spiro atoms. The van der Waals surface area contributed by atoms with Gasteiger partial charge in [-0.15, -0.1) is 0 Å². The van der Waals surface area contributed by atoms with E-state index >= 15 is 0 Å². The minimum atomic E-state index is -0.173. The molecule has 4 nitrogen and oxygen atoms in total. The SMILES string of the molecule is C=C(O)CC1C(CCOC)c2nc3ccccc3c3c2C(=C(C)/C(=C\C(C)(C)C)C3(C)C)N1C. The van der Waals surface area contributed by atoms with Crippen LogP contribution in [0.5, 0.6) is 0 Å². The fourth-order valence-corrected chi connectivity index (χ4v) is 6.18. The second-order valence-electron chi connectivity index (χ2n) is 11.6. The number of allylic oxidation sites excluding steroid dienone is 3. The topological polar surface area (TPSA) is 45.6 Å². The van der Waals surface area contributed by atoms with Gasteiger partial charge in [-0.05, 0) is 41.5 Å². The molecule has 0 saturated carbocycles. The molecule has 1 aliphatic heterocycles. The maximum absolute atomic E-state index is 10.3. The summed E-state index contributed by atoms with van der Waals surface area (Å²) in [6.45, 7) is 18.3. The van der Waals surface area contributed by atoms with Crippen molar-refractivity contribution >= 4 is 16.6 Å². The molecule has 0 amide bonds. The number of aliphatic hydroxyl groups is 1. The van der Waals surface area contributed by atoms with Crippen LogP contribution in [0.3, 0.4) is 0 Å². The van der Waals surface area contributed by atoms with Crippen molar-refractivity contribution in [3.05, 3.63) is 70.6 Å². The number of ether oxygens (including phenoxy) is 1. The van der Waals surface area contributed by atoms with E-state index in [1.807, 2.05) is 0 Å². The predicted octanol–water partition coefficient (Wildman–Crippen LogP) is 7.13. The van der Waals surface area contributed by atoms with E-state index in [1.54, 1.807) is 7.11 Å². The van der Waals surface area contributed by atoms with E-state index in [1.165, 1.54) is 33.4 Å². The van der Waals surface area contributed by atoms with Crippen molar-refractivity contribution < 1.29 is 9.84 Å². The van der Waals surface area contributed by atoms with Gasteiger partial charge in [0, 0.05) is 61.2 Å². The van der Waals surface area contributed by atoms with Crippen molar-refractivity contribution in [3.63, 3.8) is 0 Å². The van der Waals surface area contributed by atoms with Gasteiger partial charge in [0.05, 0.1) is 17.0 Å². The van der Waals surface area contributed by atoms with Gasteiger partial charge in [0.2, 0.25) is 0 Å². The van der Waals surface area contributed by atoms with Crippen molar-refractivity contribution in [3.8, 4) is 0 Å². The highest BCUT2D eigenvalue weighted by Crippen LogP contribution is 2.55. The van der Waals surface area contributed by atoms with Crippen molar-refractivity contribution in [2.24, 2.45) is 5.41 Å². The van der Waals surface area contributed by atoms with E-state index in [2.05, 4.69) is 90.4 Å². The van der Waals surface area contributed by atoms with E-state index in [0.717, 1.165) is 17.6 Å². The number of aliphatic hydroxyl groups excluding tert-OH is 1. The molecule has 4 heteroatoms. The molecule has 1 aliphatic carbocycles. The molecule has 182 valence electrons. The van der Waals surface area contributed by atoms with E-state index in [0.29, 0.717) is 13.0 Å². The molecule has 0 bridgehead atoms. The van der Waals surface area contributed by atoms with Gasteiger partial charge in [0.15, 0.2) is 0 Å². The van der Waals surface area contributed by atoms with Crippen molar-refractivity contribution in [1.29, 1.82) is 0 Å². The Morgan fingerprint density at radius 3 is 2.56 bits per heavy atom. The first-order chi connectivity index (χ1) is 15.9. The number of methoxy groups -OCH3 is 1. The summed E-state index contributed by atoms with van der Waals surface area (Å²) in [5.74, 6) is 0.344. The second kappa shape index (κ2) is 8.57. The number of rotatable bonds is 5. The van der Waals surface area contributed by atoms with E-state index in [9.17, 15) is 5.11 Å². The minimum absolute atomic E-state index is 0.0462. The van der Waals surface area contributed by atoms with Gasteiger partial charge in [-0.2, -0.15) is 0 Å². The Morgan fingerprint density at radius 1 is 1.26 bits per heavy atom. The number of benzene rings is 1. The van der Waals surface area contributed by atoms with Crippen molar-refractivity contribution in [1.82, 2.24) is 9.88 Å². The normalized spacial score (nSPS) is 22.9. The first-order valence-corrected chi connectivity index (χ1v) is 12.3. The summed E-state index contributed by atoms with van der Waals surface area (Å²) in [6.07, 6.45) is 3.79.